The normalized spacial score (nSPS) is 11.3. The summed E-state index contributed by atoms with van der Waals surface area (Å²) in [4.78, 5) is 11.8. The van der Waals surface area contributed by atoms with E-state index in [1.807, 2.05) is 6.92 Å². The molecule has 29 heavy (non-hydrogen) atoms. The van der Waals surface area contributed by atoms with Crippen LogP contribution in [-0.4, -0.2) is 24.8 Å². The van der Waals surface area contributed by atoms with Gasteiger partial charge in [0.1, 0.15) is 5.69 Å². The van der Waals surface area contributed by atoms with Gasteiger partial charge in [0.25, 0.3) is 10.0 Å². The van der Waals surface area contributed by atoms with Crippen LogP contribution in [0.25, 0.3) is 10.4 Å². The van der Waals surface area contributed by atoms with Crippen molar-refractivity contribution >= 4 is 33.2 Å². The Morgan fingerprint density at radius 3 is 2.38 bits per heavy atom. The van der Waals surface area contributed by atoms with Crippen LogP contribution in [0.15, 0.2) is 53.4 Å². The molecule has 0 bridgehead atoms. The number of aryl methyl sites for hydroxylation is 2. The molecule has 0 fully saturated rings. The summed E-state index contributed by atoms with van der Waals surface area (Å²) in [5.41, 5.74) is 3.01. The number of thiophene rings is 1. The van der Waals surface area contributed by atoms with Crippen LogP contribution in [0, 0.1) is 13.8 Å². The van der Waals surface area contributed by atoms with Crippen molar-refractivity contribution in [3.8, 4) is 15.5 Å². The Morgan fingerprint density at radius 2 is 1.79 bits per heavy atom. The lowest BCUT2D eigenvalue weighted by Crippen LogP contribution is -2.15. The molecule has 0 amide bonds. The molecule has 7 nitrogen and oxygen atoms in total. The van der Waals surface area contributed by atoms with Gasteiger partial charge in [-0.25, -0.2) is 13.2 Å². The number of nitrogens with one attached hydrogen (secondary N) is 1. The zero-order valence-corrected chi connectivity index (χ0v) is 17.3. The third kappa shape index (κ3) is 4.76. The molecule has 1 heterocycles. The largest absolute Gasteiger partial charge is 0.512 e. The van der Waals surface area contributed by atoms with Gasteiger partial charge in [0.15, 0.2) is 0 Å². The van der Waals surface area contributed by atoms with E-state index >= 15 is 0 Å². The Morgan fingerprint density at radius 1 is 1.10 bits per heavy atom. The molecule has 3 rings (SSSR count). The smallest absolute Gasteiger partial charge is 0.449 e. The van der Waals surface area contributed by atoms with Crippen LogP contribution in [-0.2, 0) is 16.6 Å². The molecule has 0 aliphatic rings. The summed E-state index contributed by atoms with van der Waals surface area (Å²) < 4.78 is 33.0. The Kier molecular flexibility index (Phi) is 5.92. The monoisotopic (exact) mass is 433 g/mol. The number of aliphatic hydroxyl groups is 1. The van der Waals surface area contributed by atoms with Crippen molar-refractivity contribution in [2.75, 3.05) is 4.72 Å². The zero-order valence-electron chi connectivity index (χ0n) is 15.7. The maximum Gasteiger partial charge on any atom is 0.512 e. The first-order valence-corrected chi connectivity index (χ1v) is 10.8. The molecular formula is C20H19NO6S2. The van der Waals surface area contributed by atoms with Gasteiger partial charge in [-0.3, -0.25) is 4.72 Å². The molecule has 0 aliphatic carbocycles. The van der Waals surface area contributed by atoms with Crippen molar-refractivity contribution in [2.24, 2.45) is 0 Å². The minimum atomic E-state index is -3.95. The van der Waals surface area contributed by atoms with Crippen LogP contribution in [0.2, 0.25) is 0 Å². The fraction of sp³-hybridized carbons (Fsp3) is 0.150. The minimum Gasteiger partial charge on any atom is -0.449 e. The second-order valence-electron chi connectivity index (χ2n) is 6.41. The van der Waals surface area contributed by atoms with Crippen LogP contribution in [0.1, 0.15) is 16.7 Å². The number of ether oxygens (including phenoxy) is 1. The molecule has 0 unspecified atom stereocenters. The summed E-state index contributed by atoms with van der Waals surface area (Å²) >= 11 is 1.00. The van der Waals surface area contributed by atoms with Gasteiger partial charge in [0.2, 0.25) is 5.06 Å². The highest BCUT2D eigenvalue weighted by molar-refractivity contribution is 7.92. The van der Waals surface area contributed by atoms with Crippen LogP contribution in [0.5, 0.6) is 5.06 Å². The lowest BCUT2D eigenvalue weighted by atomic mass is 10.1. The molecule has 0 aliphatic heterocycles. The first kappa shape index (κ1) is 20.8. The van der Waals surface area contributed by atoms with Gasteiger partial charge in [0.05, 0.1) is 11.5 Å². The summed E-state index contributed by atoms with van der Waals surface area (Å²) in [6.07, 6.45) is -1.54. The predicted octanol–water partition coefficient (Wildman–Crippen LogP) is 4.38. The Balaban J connectivity index is 2.00. The van der Waals surface area contributed by atoms with Gasteiger partial charge in [-0.1, -0.05) is 53.3 Å². The number of benzene rings is 2. The first-order chi connectivity index (χ1) is 13.7. The van der Waals surface area contributed by atoms with E-state index in [-0.39, 0.29) is 22.3 Å². The fourth-order valence-electron chi connectivity index (χ4n) is 2.82. The molecule has 0 spiro atoms. The summed E-state index contributed by atoms with van der Waals surface area (Å²) in [6.45, 7) is 3.46. The molecular weight excluding hydrogens is 414 g/mol. The molecule has 3 aromatic rings. The van der Waals surface area contributed by atoms with E-state index in [4.69, 9.17) is 14.9 Å². The highest BCUT2D eigenvalue weighted by Gasteiger charge is 2.22. The van der Waals surface area contributed by atoms with E-state index in [0.717, 1.165) is 28.0 Å². The average molecular weight is 434 g/mol. The van der Waals surface area contributed by atoms with Gasteiger partial charge >= 0.3 is 6.16 Å². The van der Waals surface area contributed by atoms with Crippen molar-refractivity contribution in [3.63, 3.8) is 0 Å². The molecule has 0 saturated heterocycles. The van der Waals surface area contributed by atoms with Gasteiger partial charge in [-0.2, -0.15) is 0 Å². The third-order valence-corrected chi connectivity index (χ3v) is 6.75. The van der Waals surface area contributed by atoms with Crippen LogP contribution >= 0.6 is 11.3 Å². The van der Waals surface area contributed by atoms with Crippen LogP contribution in [0.3, 0.4) is 0 Å². The molecule has 0 saturated carbocycles. The number of sulfonamides is 1. The van der Waals surface area contributed by atoms with Gasteiger partial charge < -0.3 is 14.9 Å². The number of anilines is 1. The zero-order chi connectivity index (χ0) is 21.2. The van der Waals surface area contributed by atoms with E-state index in [1.165, 1.54) is 12.1 Å². The van der Waals surface area contributed by atoms with Crippen molar-refractivity contribution in [3.05, 3.63) is 65.2 Å². The highest BCUT2D eigenvalue weighted by Crippen LogP contribution is 2.42. The molecule has 0 radical (unpaired) electrons. The Bertz CT molecular complexity index is 1150. The van der Waals surface area contributed by atoms with Crippen molar-refractivity contribution < 1.29 is 28.2 Å². The summed E-state index contributed by atoms with van der Waals surface area (Å²) in [7, 11) is -3.95. The average Bonchev–Trinajstić information content (AvgIpc) is 3.02. The van der Waals surface area contributed by atoms with E-state index in [9.17, 15) is 13.2 Å². The topological polar surface area (TPSA) is 113 Å². The minimum absolute atomic E-state index is 0.0404. The SMILES string of the molecule is Cc1ccc(S(=O)(=O)Nc2cc(-c3ccc(CO)cc3)sc2OC(=O)O)c(C)c1. The van der Waals surface area contributed by atoms with E-state index < -0.39 is 16.2 Å². The number of rotatable bonds is 6. The molecule has 0 atom stereocenters. The van der Waals surface area contributed by atoms with Crippen LogP contribution < -0.4 is 9.46 Å². The lowest BCUT2D eigenvalue weighted by molar-refractivity contribution is 0.146. The van der Waals surface area contributed by atoms with Gasteiger partial charge in [-0.05, 0) is 42.7 Å². The van der Waals surface area contributed by atoms with E-state index in [2.05, 4.69) is 4.72 Å². The van der Waals surface area contributed by atoms with Gasteiger partial charge in [0, 0.05) is 4.88 Å². The quantitative estimate of drug-likeness (QED) is 0.497. The third-order valence-electron chi connectivity index (χ3n) is 4.16. The molecule has 3 N–H and O–H groups in total. The summed E-state index contributed by atoms with van der Waals surface area (Å²) in [5, 5.41) is 18.1. The summed E-state index contributed by atoms with van der Waals surface area (Å²) in [6, 6.07) is 13.4. The Hall–Kier alpha value is -2.88. The lowest BCUT2D eigenvalue weighted by Gasteiger charge is -2.10. The standard InChI is InChI=1S/C20H19NO6S2/c1-12-3-8-18(13(2)9-12)29(25,26)21-16-10-17(28-19(16)27-20(23)24)15-6-4-14(11-22)5-7-15/h3-10,21-22H,11H2,1-2H3,(H,23,24). The fourth-order valence-corrected chi connectivity index (χ4v) is 5.13. The molecule has 2 aromatic carbocycles. The summed E-state index contributed by atoms with van der Waals surface area (Å²) in [5.74, 6) is 0. The maximum absolute atomic E-state index is 12.9. The molecule has 9 heteroatoms. The van der Waals surface area contributed by atoms with Crippen molar-refractivity contribution in [1.29, 1.82) is 0 Å². The number of aliphatic hydroxyl groups excluding tert-OH is 1. The Labute approximate surface area is 172 Å². The number of hydrogen-bond donors (Lipinski definition) is 3. The molecule has 1 aromatic heterocycles. The van der Waals surface area contributed by atoms with E-state index in [0.29, 0.717) is 10.4 Å². The second-order valence-corrected chi connectivity index (χ2v) is 9.07. The van der Waals surface area contributed by atoms with Gasteiger partial charge in [-0.15, -0.1) is 0 Å². The number of carboxylic acid groups (broad SMARTS) is 1. The predicted molar refractivity (Wildman–Crippen MR) is 111 cm³/mol. The van der Waals surface area contributed by atoms with Crippen LogP contribution in [0.4, 0.5) is 10.5 Å². The first-order valence-electron chi connectivity index (χ1n) is 8.54. The maximum atomic E-state index is 12.9. The second kappa shape index (κ2) is 8.24. The van der Waals surface area contributed by atoms with Crippen molar-refractivity contribution in [2.45, 2.75) is 25.3 Å². The van der Waals surface area contributed by atoms with E-state index in [1.54, 1.807) is 43.3 Å². The number of carbonyl (C=O) groups is 1. The number of hydrogen-bond acceptors (Lipinski definition) is 6. The highest BCUT2D eigenvalue weighted by atomic mass is 32.2. The van der Waals surface area contributed by atoms with Crippen molar-refractivity contribution in [1.82, 2.24) is 0 Å². The molecule has 152 valence electrons.